The van der Waals surface area contributed by atoms with Gasteiger partial charge in [-0.2, -0.15) is 0 Å². The van der Waals surface area contributed by atoms with Gasteiger partial charge in [0.25, 0.3) is 0 Å². The van der Waals surface area contributed by atoms with E-state index in [9.17, 15) is 0 Å². The maximum atomic E-state index is 5.85. The van der Waals surface area contributed by atoms with Crippen molar-refractivity contribution in [2.75, 3.05) is 0 Å². The Morgan fingerprint density at radius 2 is 1.17 bits per heavy atom. The van der Waals surface area contributed by atoms with Crippen LogP contribution in [0.4, 0.5) is 0 Å². The topological polar surface area (TPSA) is 9.23 Å². The van der Waals surface area contributed by atoms with Gasteiger partial charge in [-0.25, -0.2) is 0 Å². The molecular weight excluding hydrogens is 560 g/mol. The average molecular weight is 565 g/mol. The van der Waals surface area contributed by atoms with Crippen molar-refractivity contribution in [2.45, 2.75) is 0 Å². The Hall–Kier alpha value is 0.640. The largest absolute Gasteiger partial charge is 0.456 e. The zero-order chi connectivity index (χ0) is 13.3. The first-order valence-corrected chi connectivity index (χ1v) is 8.70. The third-order valence-corrected chi connectivity index (χ3v) is 5.42. The molecule has 0 fully saturated rings. The number of hydrogen-bond acceptors (Lipinski definition) is 1. The van der Waals surface area contributed by atoms with E-state index < -0.39 is 0 Å². The Balaban J connectivity index is 2.36. The Bertz CT molecular complexity index is 577. The van der Waals surface area contributed by atoms with Crippen LogP contribution >= 0.6 is 79.6 Å². The second-order valence-electron chi connectivity index (χ2n) is 3.40. The number of ether oxygens (including phenoxy) is 1. The summed E-state index contributed by atoms with van der Waals surface area (Å²) in [6.45, 7) is 0. The van der Waals surface area contributed by atoms with Gasteiger partial charge in [-0.15, -0.1) is 0 Å². The molecule has 0 heterocycles. The maximum absolute atomic E-state index is 5.85. The Morgan fingerprint density at radius 1 is 0.611 bits per heavy atom. The van der Waals surface area contributed by atoms with E-state index in [4.69, 9.17) is 4.74 Å². The molecule has 2 rings (SSSR count). The van der Waals surface area contributed by atoms with Crippen LogP contribution in [0.25, 0.3) is 0 Å². The summed E-state index contributed by atoms with van der Waals surface area (Å²) in [6.07, 6.45) is 0. The molecule has 0 aromatic heterocycles. The van der Waals surface area contributed by atoms with E-state index >= 15 is 0 Å². The van der Waals surface area contributed by atoms with E-state index in [2.05, 4.69) is 79.6 Å². The lowest BCUT2D eigenvalue weighted by molar-refractivity contribution is 0.478. The summed E-state index contributed by atoms with van der Waals surface area (Å²) in [4.78, 5) is 0. The summed E-state index contributed by atoms with van der Waals surface area (Å²) in [5, 5.41) is 0. The van der Waals surface area contributed by atoms with Crippen LogP contribution in [-0.4, -0.2) is 0 Å². The van der Waals surface area contributed by atoms with Crippen LogP contribution in [0.1, 0.15) is 0 Å². The molecule has 0 unspecified atom stereocenters. The fraction of sp³-hybridized carbons (Fsp3) is 0. The zero-order valence-electron chi connectivity index (χ0n) is 8.68. The molecule has 0 spiro atoms. The van der Waals surface area contributed by atoms with E-state index in [1.54, 1.807) is 0 Å². The van der Waals surface area contributed by atoms with Crippen LogP contribution in [0.3, 0.4) is 0 Å². The van der Waals surface area contributed by atoms with Gasteiger partial charge in [0.2, 0.25) is 0 Å². The van der Waals surface area contributed by atoms with Gasteiger partial charge in [-0.3, -0.25) is 0 Å². The van der Waals surface area contributed by atoms with Gasteiger partial charge in [0.15, 0.2) is 0 Å². The fourth-order valence-corrected chi connectivity index (χ4v) is 3.95. The van der Waals surface area contributed by atoms with Crippen LogP contribution in [0.15, 0.2) is 52.7 Å². The van der Waals surface area contributed by atoms with Crippen LogP contribution in [0.2, 0.25) is 0 Å². The molecule has 0 N–H and O–H groups in total. The summed E-state index contributed by atoms with van der Waals surface area (Å²) in [7, 11) is 0. The van der Waals surface area contributed by atoms with E-state index in [0.717, 1.165) is 33.9 Å². The van der Waals surface area contributed by atoms with Crippen molar-refractivity contribution in [2.24, 2.45) is 0 Å². The van der Waals surface area contributed by atoms with Crippen molar-refractivity contribution >= 4 is 79.6 Å². The van der Waals surface area contributed by atoms with Crippen molar-refractivity contribution in [1.29, 1.82) is 0 Å². The molecule has 0 amide bonds. The first kappa shape index (κ1) is 15.0. The molecule has 6 heteroatoms. The minimum atomic E-state index is 0.745. The molecule has 0 aliphatic rings. The van der Waals surface area contributed by atoms with Gasteiger partial charge in [-0.05, 0) is 78.1 Å². The van der Waals surface area contributed by atoms with E-state index in [1.165, 1.54) is 0 Å². The first-order valence-electron chi connectivity index (χ1n) is 4.74. The van der Waals surface area contributed by atoms with Crippen LogP contribution in [0, 0.1) is 0 Å². The lowest BCUT2D eigenvalue weighted by Gasteiger charge is -2.10. The van der Waals surface area contributed by atoms with Gasteiger partial charge in [-0.1, -0.05) is 31.9 Å². The van der Waals surface area contributed by atoms with Crippen LogP contribution in [0.5, 0.6) is 11.5 Å². The molecule has 0 aliphatic carbocycles. The summed E-state index contributed by atoms with van der Waals surface area (Å²) >= 11 is 17.2. The van der Waals surface area contributed by atoms with E-state index in [0.29, 0.717) is 0 Å². The molecule has 0 aliphatic heterocycles. The average Bonchev–Trinajstić information content (AvgIpc) is 2.24. The highest BCUT2D eigenvalue weighted by molar-refractivity contribution is 9.13. The molecule has 2 aromatic rings. The molecule has 2 aromatic carbocycles. The molecule has 18 heavy (non-hydrogen) atoms. The van der Waals surface area contributed by atoms with Crippen molar-refractivity contribution in [3.63, 3.8) is 0 Å². The standard InChI is InChI=1S/C12H5Br5O/c13-6-1-7(14)3-8(2-6)18-12-5-10(16)9(15)4-11(12)17/h1-5H. The highest BCUT2D eigenvalue weighted by Gasteiger charge is 2.08. The zero-order valence-corrected chi connectivity index (χ0v) is 16.6. The van der Waals surface area contributed by atoms with Crippen molar-refractivity contribution < 1.29 is 4.74 Å². The summed E-state index contributed by atoms with van der Waals surface area (Å²) < 4.78 is 10.6. The second-order valence-corrected chi connectivity index (χ2v) is 7.80. The number of rotatable bonds is 2. The third-order valence-electron chi connectivity index (χ3n) is 2.04. The molecule has 0 radical (unpaired) electrons. The summed E-state index contributed by atoms with van der Waals surface area (Å²) in [6, 6.07) is 9.62. The number of benzene rings is 2. The molecule has 0 saturated carbocycles. The van der Waals surface area contributed by atoms with Gasteiger partial charge >= 0.3 is 0 Å². The Kier molecular flexibility index (Phi) is 5.34. The summed E-state index contributed by atoms with van der Waals surface area (Å²) in [5.74, 6) is 1.50. The van der Waals surface area contributed by atoms with E-state index in [-0.39, 0.29) is 0 Å². The monoisotopic (exact) mass is 560 g/mol. The van der Waals surface area contributed by atoms with Gasteiger partial charge < -0.3 is 4.74 Å². The van der Waals surface area contributed by atoms with Gasteiger partial charge in [0.1, 0.15) is 11.5 Å². The quantitative estimate of drug-likeness (QED) is 0.348. The number of halogens is 5. The molecule has 0 bridgehead atoms. The molecular formula is C12H5Br5O. The highest BCUT2D eigenvalue weighted by atomic mass is 79.9. The second kappa shape index (κ2) is 6.39. The predicted molar refractivity (Wildman–Crippen MR) is 91.5 cm³/mol. The number of hydrogen-bond donors (Lipinski definition) is 0. The summed E-state index contributed by atoms with van der Waals surface area (Å²) in [5.41, 5.74) is 0. The molecule has 1 nitrogen and oxygen atoms in total. The minimum absolute atomic E-state index is 0.745. The van der Waals surface area contributed by atoms with Crippen molar-refractivity contribution in [3.8, 4) is 11.5 Å². The predicted octanol–water partition coefficient (Wildman–Crippen LogP) is 7.29. The minimum Gasteiger partial charge on any atom is -0.456 e. The molecule has 0 saturated heterocycles. The normalized spacial score (nSPS) is 10.5. The lowest BCUT2D eigenvalue weighted by atomic mass is 10.3. The van der Waals surface area contributed by atoms with E-state index in [1.807, 2.05) is 30.3 Å². The van der Waals surface area contributed by atoms with Gasteiger partial charge in [0.05, 0.1) is 4.47 Å². The highest BCUT2D eigenvalue weighted by Crippen LogP contribution is 2.38. The van der Waals surface area contributed by atoms with Crippen molar-refractivity contribution in [3.05, 3.63) is 52.7 Å². The fourth-order valence-electron chi connectivity index (χ4n) is 1.30. The Labute approximate surface area is 147 Å². The lowest BCUT2D eigenvalue weighted by Crippen LogP contribution is -1.87. The van der Waals surface area contributed by atoms with Crippen LogP contribution < -0.4 is 4.74 Å². The SMILES string of the molecule is Brc1cc(Br)cc(Oc2cc(Br)c(Br)cc2Br)c1. The molecule has 94 valence electrons. The Morgan fingerprint density at radius 3 is 1.78 bits per heavy atom. The smallest absolute Gasteiger partial charge is 0.142 e. The van der Waals surface area contributed by atoms with Crippen molar-refractivity contribution in [1.82, 2.24) is 0 Å². The molecule has 0 atom stereocenters. The third kappa shape index (κ3) is 3.82. The maximum Gasteiger partial charge on any atom is 0.142 e. The van der Waals surface area contributed by atoms with Gasteiger partial charge in [0, 0.05) is 17.9 Å². The first-order chi connectivity index (χ1) is 8.45. The van der Waals surface area contributed by atoms with Crippen LogP contribution in [-0.2, 0) is 0 Å².